The number of nitrogens with zero attached hydrogens (tertiary/aromatic N) is 2. The first kappa shape index (κ1) is 31.1. The minimum atomic E-state index is -3.77. The van der Waals surface area contributed by atoms with Crippen LogP contribution in [0.4, 0.5) is 10.1 Å². The number of pyridine rings is 1. The molecule has 1 aliphatic heterocycles. The minimum Gasteiger partial charge on any atom is -0.323 e. The van der Waals surface area contributed by atoms with Crippen LogP contribution in [0.1, 0.15) is 44.2 Å². The van der Waals surface area contributed by atoms with Crippen LogP contribution >= 0.6 is 11.6 Å². The second kappa shape index (κ2) is 13.4. The molecule has 4 rings (SSSR count). The van der Waals surface area contributed by atoms with E-state index < -0.39 is 33.8 Å². The van der Waals surface area contributed by atoms with E-state index >= 15 is 4.39 Å². The van der Waals surface area contributed by atoms with Crippen molar-refractivity contribution < 1.29 is 17.6 Å². The Labute approximate surface area is 246 Å². The molecule has 1 fully saturated rings. The summed E-state index contributed by atoms with van der Waals surface area (Å²) in [6, 6.07) is 13.9. The van der Waals surface area contributed by atoms with Crippen molar-refractivity contribution in [2.24, 2.45) is 11.7 Å². The van der Waals surface area contributed by atoms with Crippen molar-refractivity contribution in [2.45, 2.75) is 62.6 Å². The molecule has 0 aliphatic carbocycles. The Balaban J connectivity index is 1.54. The zero-order valence-electron chi connectivity index (χ0n) is 23.4. The van der Waals surface area contributed by atoms with Crippen LogP contribution in [0.15, 0.2) is 71.9 Å². The van der Waals surface area contributed by atoms with E-state index in [9.17, 15) is 13.2 Å². The number of carbonyl (C=O) groups is 1. The van der Waals surface area contributed by atoms with Crippen LogP contribution in [0.25, 0.3) is 0 Å². The summed E-state index contributed by atoms with van der Waals surface area (Å²) in [6.45, 7) is 6.75. The number of nitrogens with two attached hydrogens (primary N) is 1. The Kier molecular flexibility index (Phi) is 10.1. The summed E-state index contributed by atoms with van der Waals surface area (Å²) >= 11 is 6.04. The van der Waals surface area contributed by atoms with Gasteiger partial charge in [-0.25, -0.2) is 12.8 Å². The normalized spacial score (nSPS) is 19.6. The van der Waals surface area contributed by atoms with Crippen molar-refractivity contribution in [3.63, 3.8) is 0 Å². The van der Waals surface area contributed by atoms with Crippen LogP contribution in [0.2, 0.25) is 5.02 Å². The van der Waals surface area contributed by atoms with E-state index in [0.717, 1.165) is 11.8 Å². The maximum absolute atomic E-state index is 15.1. The number of hydrogen-bond acceptors (Lipinski definition) is 6. The van der Waals surface area contributed by atoms with Crippen LogP contribution in [0, 0.1) is 11.7 Å². The number of carbonyl (C=O) groups excluding carboxylic acids is 1. The van der Waals surface area contributed by atoms with E-state index in [-0.39, 0.29) is 40.4 Å². The first-order valence-corrected chi connectivity index (χ1v) is 15.6. The topological polar surface area (TPSA) is 117 Å². The van der Waals surface area contributed by atoms with Crippen LogP contribution in [-0.2, 0) is 21.2 Å². The molecule has 4 atom stereocenters. The highest BCUT2D eigenvalue weighted by atomic mass is 35.5. The van der Waals surface area contributed by atoms with Gasteiger partial charge in [-0.05, 0) is 55.5 Å². The van der Waals surface area contributed by atoms with Crippen LogP contribution in [-0.4, -0.2) is 54.8 Å². The van der Waals surface area contributed by atoms with E-state index in [2.05, 4.69) is 15.6 Å². The molecule has 0 radical (unpaired) electrons. The van der Waals surface area contributed by atoms with Gasteiger partial charge in [-0.2, -0.15) is 4.31 Å². The molecule has 1 saturated heterocycles. The summed E-state index contributed by atoms with van der Waals surface area (Å²) < 4.78 is 43.8. The fourth-order valence-electron chi connectivity index (χ4n) is 5.58. The number of sulfonamides is 1. The molecule has 4 N–H and O–H groups in total. The highest BCUT2D eigenvalue weighted by molar-refractivity contribution is 7.89. The average Bonchev–Trinajstić information content (AvgIpc) is 2.94. The zero-order valence-corrected chi connectivity index (χ0v) is 25.0. The van der Waals surface area contributed by atoms with Crippen LogP contribution in [0.5, 0.6) is 0 Å². The standard InChI is InChI=1S/C30H37ClFN5O3S/c1-19(2)28(21-9-11-22(31)12-10-21)29(33)30(38)36-27-18-35-17-26(32)25(27)14-13-23-16-34-15-20(3)37(23)41(39,40)24-7-5-4-6-8-24/h4-12,17-20,23,28-29,34H,13-16,33H2,1-3H3,(H,36,38)/t20-,23+,28?,29+/m1/s1. The van der Waals surface area contributed by atoms with Gasteiger partial charge in [0, 0.05) is 41.7 Å². The molecular weight excluding hydrogens is 565 g/mol. The van der Waals surface area contributed by atoms with E-state index in [4.69, 9.17) is 17.3 Å². The molecule has 11 heteroatoms. The Hall–Kier alpha value is -2.89. The summed E-state index contributed by atoms with van der Waals surface area (Å²) in [7, 11) is -3.77. The molecule has 1 aromatic heterocycles. The Morgan fingerprint density at radius 2 is 1.83 bits per heavy atom. The third-order valence-corrected chi connectivity index (χ3v) is 9.92. The number of aromatic nitrogens is 1. The smallest absolute Gasteiger partial charge is 0.243 e. The first-order chi connectivity index (χ1) is 19.5. The van der Waals surface area contributed by atoms with Gasteiger partial charge in [-0.1, -0.05) is 55.8 Å². The van der Waals surface area contributed by atoms with Gasteiger partial charge >= 0.3 is 0 Å². The van der Waals surface area contributed by atoms with Crippen LogP contribution < -0.4 is 16.4 Å². The maximum Gasteiger partial charge on any atom is 0.243 e. The number of anilines is 1. The molecular formula is C30H37ClFN5O3S. The molecule has 8 nitrogen and oxygen atoms in total. The number of halogens is 2. The zero-order chi connectivity index (χ0) is 29.7. The molecule has 2 heterocycles. The fraction of sp³-hybridized carbons (Fsp3) is 0.400. The van der Waals surface area contributed by atoms with E-state index in [1.807, 2.05) is 32.9 Å². The lowest BCUT2D eigenvalue weighted by Gasteiger charge is -2.40. The van der Waals surface area contributed by atoms with Crippen molar-refractivity contribution in [1.82, 2.24) is 14.6 Å². The number of rotatable bonds is 10. The Morgan fingerprint density at radius 1 is 1.15 bits per heavy atom. The average molecular weight is 602 g/mol. The molecule has 3 aromatic rings. The van der Waals surface area contributed by atoms with Crippen molar-refractivity contribution in [3.05, 3.63) is 89.0 Å². The lowest BCUT2D eigenvalue weighted by Crippen LogP contribution is -2.58. The van der Waals surface area contributed by atoms with Gasteiger partial charge in [0.1, 0.15) is 5.82 Å². The monoisotopic (exact) mass is 601 g/mol. The van der Waals surface area contributed by atoms with Gasteiger partial charge in [-0.15, -0.1) is 0 Å². The summed E-state index contributed by atoms with van der Waals surface area (Å²) in [4.78, 5) is 17.5. The summed E-state index contributed by atoms with van der Waals surface area (Å²) in [5, 5.41) is 6.66. The van der Waals surface area contributed by atoms with Crippen molar-refractivity contribution in [1.29, 1.82) is 0 Å². The number of benzene rings is 2. The van der Waals surface area contributed by atoms with Crippen LogP contribution in [0.3, 0.4) is 0 Å². The molecule has 1 aliphatic rings. The van der Waals surface area contributed by atoms with Crippen molar-refractivity contribution >= 4 is 33.2 Å². The summed E-state index contributed by atoms with van der Waals surface area (Å²) in [5.41, 5.74) is 7.81. The van der Waals surface area contributed by atoms with Gasteiger partial charge in [0.25, 0.3) is 0 Å². The number of amides is 1. The van der Waals surface area contributed by atoms with Gasteiger partial charge in [-0.3, -0.25) is 9.78 Å². The lowest BCUT2D eigenvalue weighted by atomic mass is 9.82. The molecule has 0 saturated carbocycles. The molecule has 220 valence electrons. The van der Waals surface area contributed by atoms with Gasteiger partial charge < -0.3 is 16.4 Å². The third-order valence-electron chi connectivity index (χ3n) is 7.59. The highest BCUT2D eigenvalue weighted by Crippen LogP contribution is 2.30. The predicted octanol–water partition coefficient (Wildman–Crippen LogP) is 4.56. The quantitative estimate of drug-likeness (QED) is 0.314. The minimum absolute atomic E-state index is 0.0420. The van der Waals surface area contributed by atoms with Gasteiger partial charge in [0.15, 0.2) is 0 Å². The SMILES string of the molecule is CC(C)C(c1ccc(Cl)cc1)[C@H](N)C(=O)Nc1cncc(F)c1CC[C@H]1CNC[C@@H](C)N1S(=O)(=O)c1ccccc1. The summed E-state index contributed by atoms with van der Waals surface area (Å²) in [5.74, 6) is -1.30. The van der Waals surface area contributed by atoms with Gasteiger partial charge in [0.2, 0.25) is 15.9 Å². The molecule has 1 unspecified atom stereocenters. The first-order valence-electron chi connectivity index (χ1n) is 13.7. The summed E-state index contributed by atoms with van der Waals surface area (Å²) in [6.07, 6.45) is 3.01. The number of nitrogens with one attached hydrogen (secondary N) is 2. The molecule has 41 heavy (non-hydrogen) atoms. The second-order valence-corrected chi connectivity index (χ2v) is 13.1. The van der Waals surface area contributed by atoms with Gasteiger partial charge in [0.05, 0.1) is 29.0 Å². The van der Waals surface area contributed by atoms with Crippen molar-refractivity contribution in [3.8, 4) is 0 Å². The Morgan fingerprint density at radius 3 is 2.49 bits per heavy atom. The molecule has 2 aromatic carbocycles. The largest absolute Gasteiger partial charge is 0.323 e. The molecule has 0 bridgehead atoms. The number of hydrogen-bond donors (Lipinski definition) is 3. The third kappa shape index (κ3) is 7.13. The second-order valence-electron chi connectivity index (χ2n) is 10.8. The van der Waals surface area contributed by atoms with E-state index in [1.54, 1.807) is 42.5 Å². The lowest BCUT2D eigenvalue weighted by molar-refractivity contribution is -0.118. The van der Waals surface area contributed by atoms with E-state index in [0.29, 0.717) is 24.5 Å². The van der Waals surface area contributed by atoms with Crippen molar-refractivity contribution in [2.75, 3.05) is 18.4 Å². The predicted molar refractivity (Wildman–Crippen MR) is 160 cm³/mol. The molecule has 1 amide bonds. The highest BCUT2D eigenvalue weighted by Gasteiger charge is 2.38. The fourth-order valence-corrected chi connectivity index (χ4v) is 7.57. The molecule has 0 spiro atoms. The van der Waals surface area contributed by atoms with E-state index in [1.165, 1.54) is 10.5 Å². The Bertz CT molecular complexity index is 1440. The maximum atomic E-state index is 15.1. The number of piperazine rings is 1.